The lowest BCUT2D eigenvalue weighted by Gasteiger charge is -2.05. The van der Waals surface area contributed by atoms with E-state index in [1.54, 1.807) is 25.3 Å². The molecule has 2 rings (SSSR count). The number of phenolic OH excluding ortho intramolecular Hbond substituents is 1. The Labute approximate surface area is 114 Å². The number of nitrogens with zero attached hydrogens (tertiary/aromatic N) is 2. The zero-order chi connectivity index (χ0) is 14.5. The molecule has 102 valence electrons. The molecule has 1 heterocycles. The van der Waals surface area contributed by atoms with Gasteiger partial charge in [-0.3, -0.25) is 9.78 Å². The van der Waals surface area contributed by atoms with Gasteiger partial charge in [0.15, 0.2) is 0 Å². The highest BCUT2D eigenvalue weighted by molar-refractivity contribution is 6.02. The summed E-state index contributed by atoms with van der Waals surface area (Å²) in [6.45, 7) is 1.59. The second-order valence-electron chi connectivity index (χ2n) is 4.04. The first-order valence-electron chi connectivity index (χ1n) is 5.81. The zero-order valence-corrected chi connectivity index (χ0v) is 10.7. The normalized spacial score (nSPS) is 11.2. The highest BCUT2D eigenvalue weighted by Gasteiger charge is 2.08. The first kappa shape index (κ1) is 13.7. The molecule has 0 aliphatic rings. The first-order chi connectivity index (χ1) is 9.58. The van der Waals surface area contributed by atoms with Crippen molar-refractivity contribution in [2.75, 3.05) is 0 Å². The van der Waals surface area contributed by atoms with E-state index in [9.17, 15) is 14.3 Å². The number of hydrogen-bond donors (Lipinski definition) is 2. The Morgan fingerprint density at radius 2 is 2.20 bits per heavy atom. The minimum Gasteiger partial charge on any atom is -0.507 e. The number of carbonyl (C=O) groups is 1. The van der Waals surface area contributed by atoms with Gasteiger partial charge in [0.1, 0.15) is 11.6 Å². The molecule has 0 bridgehead atoms. The Morgan fingerprint density at radius 3 is 2.85 bits per heavy atom. The van der Waals surface area contributed by atoms with Crippen molar-refractivity contribution in [1.82, 2.24) is 10.4 Å². The number of hydrogen-bond acceptors (Lipinski definition) is 4. The molecule has 0 aliphatic carbocycles. The zero-order valence-electron chi connectivity index (χ0n) is 10.7. The molecule has 0 unspecified atom stereocenters. The maximum absolute atomic E-state index is 12.9. The third-order valence-electron chi connectivity index (χ3n) is 2.60. The molecule has 0 spiro atoms. The molecule has 1 aromatic carbocycles. The number of halogens is 1. The molecule has 0 radical (unpaired) electrons. The third kappa shape index (κ3) is 3.17. The van der Waals surface area contributed by atoms with Crippen molar-refractivity contribution in [3.05, 3.63) is 59.7 Å². The minimum absolute atomic E-state index is 0.234. The Balaban J connectivity index is 2.13. The molecular formula is C14H12FN3O2. The molecule has 0 saturated heterocycles. The number of benzene rings is 1. The Morgan fingerprint density at radius 1 is 1.40 bits per heavy atom. The molecular weight excluding hydrogens is 261 g/mol. The van der Waals surface area contributed by atoms with Crippen molar-refractivity contribution in [2.24, 2.45) is 5.10 Å². The fourth-order valence-electron chi connectivity index (χ4n) is 1.57. The number of amides is 1. The third-order valence-corrected chi connectivity index (χ3v) is 2.60. The molecule has 0 aliphatic heterocycles. The molecule has 0 fully saturated rings. The average Bonchev–Trinajstić information content (AvgIpc) is 2.45. The largest absolute Gasteiger partial charge is 0.507 e. The second kappa shape index (κ2) is 5.92. The van der Waals surface area contributed by atoms with Gasteiger partial charge in [-0.15, -0.1) is 0 Å². The van der Waals surface area contributed by atoms with E-state index >= 15 is 0 Å². The van der Waals surface area contributed by atoms with Crippen LogP contribution in [0.15, 0.2) is 47.8 Å². The van der Waals surface area contributed by atoms with Crippen LogP contribution >= 0.6 is 0 Å². The topological polar surface area (TPSA) is 74.6 Å². The molecule has 20 heavy (non-hydrogen) atoms. The standard InChI is InChI=1S/C14H12FN3O2/c1-9(12-5-4-11(15)7-13(12)19)17-18-14(20)10-3-2-6-16-8-10/h2-8,19H,1H3,(H,18,20)/b17-9+. The number of aromatic nitrogens is 1. The number of rotatable bonds is 3. The maximum Gasteiger partial charge on any atom is 0.272 e. The smallest absolute Gasteiger partial charge is 0.272 e. The lowest BCUT2D eigenvalue weighted by atomic mass is 10.1. The lowest BCUT2D eigenvalue weighted by molar-refractivity contribution is 0.0954. The summed E-state index contributed by atoms with van der Waals surface area (Å²) >= 11 is 0. The predicted octanol–water partition coefficient (Wildman–Crippen LogP) is 2.08. The molecule has 0 saturated carbocycles. The van der Waals surface area contributed by atoms with Crippen LogP contribution in [0.3, 0.4) is 0 Å². The molecule has 1 amide bonds. The van der Waals surface area contributed by atoms with Gasteiger partial charge in [0.25, 0.3) is 5.91 Å². The van der Waals surface area contributed by atoms with Crippen LogP contribution in [-0.4, -0.2) is 21.7 Å². The summed E-state index contributed by atoms with van der Waals surface area (Å²) in [5.41, 5.74) is 3.42. The van der Waals surface area contributed by atoms with Crippen LogP contribution in [0, 0.1) is 5.82 Å². The Hall–Kier alpha value is -2.76. The van der Waals surface area contributed by atoms with E-state index in [4.69, 9.17) is 0 Å². The number of nitrogens with one attached hydrogen (secondary N) is 1. The van der Waals surface area contributed by atoms with Crippen molar-refractivity contribution in [3.63, 3.8) is 0 Å². The van der Waals surface area contributed by atoms with Gasteiger partial charge < -0.3 is 5.11 Å². The van der Waals surface area contributed by atoms with Crippen molar-refractivity contribution in [3.8, 4) is 5.75 Å². The van der Waals surface area contributed by atoms with E-state index in [1.165, 1.54) is 18.3 Å². The number of carbonyl (C=O) groups excluding carboxylic acids is 1. The number of phenols is 1. The van der Waals surface area contributed by atoms with Crippen LogP contribution < -0.4 is 5.43 Å². The fourth-order valence-corrected chi connectivity index (χ4v) is 1.57. The lowest BCUT2D eigenvalue weighted by Crippen LogP contribution is -2.19. The van der Waals surface area contributed by atoms with Crippen LogP contribution in [0.25, 0.3) is 0 Å². The van der Waals surface area contributed by atoms with E-state index in [0.717, 1.165) is 6.07 Å². The van der Waals surface area contributed by atoms with Crippen LogP contribution in [0.1, 0.15) is 22.8 Å². The SMILES string of the molecule is C/C(=N\NC(=O)c1cccnc1)c1ccc(F)cc1O. The van der Waals surface area contributed by atoms with Gasteiger partial charge in [-0.05, 0) is 31.2 Å². The van der Waals surface area contributed by atoms with Gasteiger partial charge in [-0.2, -0.15) is 5.10 Å². The van der Waals surface area contributed by atoms with Gasteiger partial charge in [0, 0.05) is 24.0 Å². The minimum atomic E-state index is -0.543. The Bertz CT molecular complexity index is 657. The van der Waals surface area contributed by atoms with Crippen molar-refractivity contribution in [2.45, 2.75) is 6.92 Å². The highest BCUT2D eigenvalue weighted by atomic mass is 19.1. The summed E-state index contributed by atoms with van der Waals surface area (Å²) < 4.78 is 12.9. The van der Waals surface area contributed by atoms with Crippen LogP contribution in [-0.2, 0) is 0 Å². The van der Waals surface area contributed by atoms with Crippen LogP contribution in [0.2, 0.25) is 0 Å². The quantitative estimate of drug-likeness (QED) is 0.664. The predicted molar refractivity (Wildman–Crippen MR) is 72.0 cm³/mol. The van der Waals surface area contributed by atoms with E-state index < -0.39 is 11.7 Å². The van der Waals surface area contributed by atoms with E-state index in [2.05, 4.69) is 15.5 Å². The molecule has 5 nitrogen and oxygen atoms in total. The van der Waals surface area contributed by atoms with Gasteiger partial charge in [0.05, 0.1) is 11.3 Å². The summed E-state index contributed by atoms with van der Waals surface area (Å²) in [5, 5.41) is 13.5. The van der Waals surface area contributed by atoms with Crippen molar-refractivity contribution in [1.29, 1.82) is 0 Å². The summed E-state index contributed by atoms with van der Waals surface area (Å²) in [4.78, 5) is 15.6. The first-order valence-corrected chi connectivity index (χ1v) is 5.81. The molecule has 2 aromatic rings. The Kier molecular flexibility index (Phi) is 4.05. The van der Waals surface area contributed by atoms with Crippen molar-refractivity contribution >= 4 is 11.6 Å². The van der Waals surface area contributed by atoms with Crippen LogP contribution in [0.5, 0.6) is 5.75 Å². The summed E-state index contributed by atoms with van der Waals surface area (Å²) in [6.07, 6.45) is 2.97. The van der Waals surface area contributed by atoms with E-state index in [0.29, 0.717) is 16.8 Å². The molecule has 2 N–H and O–H groups in total. The number of aromatic hydroxyl groups is 1. The monoisotopic (exact) mass is 273 g/mol. The molecule has 0 atom stereocenters. The van der Waals surface area contributed by atoms with Gasteiger partial charge >= 0.3 is 0 Å². The van der Waals surface area contributed by atoms with Crippen LogP contribution in [0.4, 0.5) is 4.39 Å². The summed E-state index contributed by atoms with van der Waals surface area (Å²) in [5.74, 6) is -1.20. The number of pyridine rings is 1. The summed E-state index contributed by atoms with van der Waals surface area (Å²) in [6, 6.07) is 6.81. The van der Waals surface area contributed by atoms with E-state index in [-0.39, 0.29) is 5.75 Å². The molecule has 6 heteroatoms. The molecule has 1 aromatic heterocycles. The fraction of sp³-hybridized carbons (Fsp3) is 0.0714. The van der Waals surface area contributed by atoms with Gasteiger partial charge in [-0.1, -0.05) is 0 Å². The highest BCUT2D eigenvalue weighted by Crippen LogP contribution is 2.18. The van der Waals surface area contributed by atoms with Gasteiger partial charge in [0.2, 0.25) is 0 Å². The maximum atomic E-state index is 12.9. The number of hydrazone groups is 1. The van der Waals surface area contributed by atoms with Crippen molar-refractivity contribution < 1.29 is 14.3 Å². The van der Waals surface area contributed by atoms with E-state index in [1.807, 2.05) is 0 Å². The van der Waals surface area contributed by atoms with Gasteiger partial charge in [-0.25, -0.2) is 9.82 Å². The average molecular weight is 273 g/mol. The summed E-state index contributed by atoms with van der Waals surface area (Å²) in [7, 11) is 0. The second-order valence-corrected chi connectivity index (χ2v) is 4.04.